The van der Waals surface area contributed by atoms with Gasteiger partial charge in [-0.05, 0) is 37.4 Å². The Bertz CT molecular complexity index is 493. The molecule has 1 aromatic carbocycles. The molecule has 1 saturated heterocycles. The van der Waals surface area contributed by atoms with Crippen molar-refractivity contribution < 1.29 is 4.74 Å². The van der Waals surface area contributed by atoms with Gasteiger partial charge in [0.05, 0.1) is 17.8 Å². The quantitative estimate of drug-likeness (QED) is 0.862. The molecule has 104 valence electrons. The molecule has 19 heavy (non-hydrogen) atoms. The molecular formula is C14H18Cl2N2O. The number of anilines is 1. The van der Waals surface area contributed by atoms with Crippen molar-refractivity contribution in [3.8, 4) is 5.75 Å². The summed E-state index contributed by atoms with van der Waals surface area (Å²) in [6.07, 6.45) is 3.32. The minimum atomic E-state index is 0.525. The Labute approximate surface area is 123 Å². The van der Waals surface area contributed by atoms with Crippen molar-refractivity contribution in [2.45, 2.75) is 25.3 Å². The van der Waals surface area contributed by atoms with Gasteiger partial charge in [-0.2, -0.15) is 0 Å². The van der Waals surface area contributed by atoms with Crippen LogP contribution in [-0.2, 0) is 6.42 Å². The Hall–Kier alpha value is -0.640. The molecular weight excluding hydrogens is 283 g/mol. The Morgan fingerprint density at radius 2 is 2.21 bits per heavy atom. The molecule has 0 radical (unpaired) electrons. The smallest absolute Gasteiger partial charge is 0.139 e. The van der Waals surface area contributed by atoms with E-state index >= 15 is 0 Å². The number of fused-ring (bicyclic) bond motifs is 3. The number of rotatable bonds is 1. The van der Waals surface area contributed by atoms with Gasteiger partial charge in [0, 0.05) is 19.1 Å². The fourth-order valence-corrected chi connectivity index (χ4v) is 3.65. The first kappa shape index (κ1) is 13.3. The summed E-state index contributed by atoms with van der Waals surface area (Å²) in [5.74, 6) is 0.678. The zero-order valence-electron chi connectivity index (χ0n) is 11.0. The highest BCUT2D eigenvalue weighted by atomic mass is 35.5. The van der Waals surface area contributed by atoms with E-state index in [0.29, 0.717) is 21.8 Å². The fraction of sp³-hybridized carbons (Fsp3) is 0.571. The second-order valence-corrected chi connectivity index (χ2v) is 5.91. The SMILES string of the molecule is COc1cc2c(c(Cl)c1Cl)N1CCCNC[C@H]1CC2. The van der Waals surface area contributed by atoms with Crippen LogP contribution in [-0.4, -0.2) is 32.8 Å². The summed E-state index contributed by atoms with van der Waals surface area (Å²) in [7, 11) is 1.63. The number of halogens is 2. The van der Waals surface area contributed by atoms with Crippen molar-refractivity contribution in [1.29, 1.82) is 0 Å². The molecule has 0 amide bonds. The van der Waals surface area contributed by atoms with E-state index in [1.54, 1.807) is 7.11 Å². The van der Waals surface area contributed by atoms with Crippen LogP contribution in [0.5, 0.6) is 5.75 Å². The first-order chi connectivity index (χ1) is 9.22. The zero-order valence-corrected chi connectivity index (χ0v) is 12.5. The zero-order chi connectivity index (χ0) is 13.4. The van der Waals surface area contributed by atoms with Gasteiger partial charge in [-0.3, -0.25) is 0 Å². The van der Waals surface area contributed by atoms with Gasteiger partial charge in [-0.15, -0.1) is 0 Å². The van der Waals surface area contributed by atoms with Gasteiger partial charge in [0.2, 0.25) is 0 Å². The molecule has 5 heteroatoms. The second-order valence-electron chi connectivity index (χ2n) is 5.16. The number of ether oxygens (including phenoxy) is 1. The molecule has 1 aromatic rings. The third-order valence-corrected chi connectivity index (χ3v) is 4.89. The van der Waals surface area contributed by atoms with Crippen molar-refractivity contribution in [2.24, 2.45) is 0 Å². The van der Waals surface area contributed by atoms with E-state index in [0.717, 1.165) is 44.6 Å². The molecule has 3 nitrogen and oxygen atoms in total. The topological polar surface area (TPSA) is 24.5 Å². The molecule has 0 aromatic heterocycles. The minimum absolute atomic E-state index is 0.525. The van der Waals surface area contributed by atoms with Crippen LogP contribution in [0.25, 0.3) is 0 Å². The number of methoxy groups -OCH3 is 1. The van der Waals surface area contributed by atoms with Gasteiger partial charge in [-0.1, -0.05) is 23.2 Å². The Balaban J connectivity index is 2.08. The van der Waals surface area contributed by atoms with E-state index in [1.807, 2.05) is 6.07 Å². The highest BCUT2D eigenvalue weighted by molar-refractivity contribution is 6.44. The summed E-state index contributed by atoms with van der Waals surface area (Å²) in [4.78, 5) is 2.42. The van der Waals surface area contributed by atoms with E-state index < -0.39 is 0 Å². The van der Waals surface area contributed by atoms with Crippen molar-refractivity contribution in [2.75, 3.05) is 31.6 Å². The first-order valence-corrected chi connectivity index (χ1v) is 7.50. The van der Waals surface area contributed by atoms with Crippen molar-refractivity contribution in [3.63, 3.8) is 0 Å². The summed E-state index contributed by atoms with van der Waals surface area (Å²) in [5, 5.41) is 4.66. The van der Waals surface area contributed by atoms with Crippen LogP contribution >= 0.6 is 23.2 Å². The molecule has 2 heterocycles. The van der Waals surface area contributed by atoms with Crippen LogP contribution in [0.2, 0.25) is 10.0 Å². The normalized spacial score (nSPS) is 22.5. The molecule has 0 bridgehead atoms. The maximum Gasteiger partial charge on any atom is 0.139 e. The lowest BCUT2D eigenvalue weighted by Gasteiger charge is -2.38. The molecule has 3 rings (SSSR count). The molecule has 1 N–H and O–H groups in total. The van der Waals surface area contributed by atoms with Gasteiger partial charge in [0.1, 0.15) is 10.8 Å². The van der Waals surface area contributed by atoms with Gasteiger partial charge < -0.3 is 15.0 Å². The highest BCUT2D eigenvalue weighted by Crippen LogP contribution is 2.45. The molecule has 0 unspecified atom stereocenters. The van der Waals surface area contributed by atoms with Crippen LogP contribution in [0.4, 0.5) is 5.69 Å². The first-order valence-electron chi connectivity index (χ1n) is 6.74. The number of benzene rings is 1. The molecule has 2 aliphatic rings. The summed E-state index contributed by atoms with van der Waals surface area (Å²) >= 11 is 12.8. The summed E-state index contributed by atoms with van der Waals surface area (Å²) in [5.41, 5.74) is 2.37. The Kier molecular flexibility index (Phi) is 3.79. The van der Waals surface area contributed by atoms with Gasteiger partial charge in [0.25, 0.3) is 0 Å². The lowest BCUT2D eigenvalue weighted by atomic mass is 9.95. The van der Waals surface area contributed by atoms with Crippen LogP contribution in [0.3, 0.4) is 0 Å². The molecule has 1 atom stereocenters. The van der Waals surface area contributed by atoms with Crippen molar-refractivity contribution >= 4 is 28.9 Å². The highest BCUT2D eigenvalue weighted by Gasteiger charge is 2.31. The number of nitrogens with one attached hydrogen (secondary N) is 1. The van der Waals surface area contributed by atoms with Gasteiger partial charge >= 0.3 is 0 Å². The van der Waals surface area contributed by atoms with Crippen LogP contribution in [0.1, 0.15) is 18.4 Å². The third kappa shape index (κ3) is 2.28. The minimum Gasteiger partial charge on any atom is -0.495 e. The summed E-state index contributed by atoms with van der Waals surface area (Å²) < 4.78 is 5.31. The third-order valence-electron chi connectivity index (χ3n) is 4.05. The maximum absolute atomic E-state index is 6.49. The maximum atomic E-state index is 6.49. The summed E-state index contributed by atoms with van der Waals surface area (Å²) in [6.45, 7) is 3.14. The van der Waals surface area contributed by atoms with Gasteiger partial charge in [-0.25, -0.2) is 0 Å². The molecule has 0 spiro atoms. The van der Waals surface area contributed by atoms with Crippen molar-refractivity contribution in [3.05, 3.63) is 21.7 Å². The van der Waals surface area contributed by atoms with E-state index in [4.69, 9.17) is 27.9 Å². The lowest BCUT2D eigenvalue weighted by molar-refractivity contribution is 0.413. The number of hydrogen-bond acceptors (Lipinski definition) is 3. The molecule has 1 fully saturated rings. The van der Waals surface area contributed by atoms with Crippen LogP contribution in [0, 0.1) is 0 Å². The predicted octanol–water partition coefficient (Wildman–Crippen LogP) is 3.12. The van der Waals surface area contributed by atoms with E-state index in [1.165, 1.54) is 5.56 Å². The number of aryl methyl sites for hydroxylation is 1. The van der Waals surface area contributed by atoms with Crippen LogP contribution in [0.15, 0.2) is 6.07 Å². The standard InChI is InChI=1S/C14H18Cl2N2O/c1-19-11-7-9-3-4-10-8-17-5-2-6-18(10)14(9)13(16)12(11)15/h7,10,17H,2-6,8H2,1H3/t10-/m1/s1. The van der Waals surface area contributed by atoms with E-state index in [9.17, 15) is 0 Å². The second kappa shape index (κ2) is 5.39. The summed E-state index contributed by atoms with van der Waals surface area (Å²) in [6, 6.07) is 2.56. The van der Waals surface area contributed by atoms with E-state index in [-0.39, 0.29) is 0 Å². The lowest BCUT2D eigenvalue weighted by Crippen LogP contribution is -2.43. The molecule has 0 aliphatic carbocycles. The fourth-order valence-electron chi connectivity index (χ4n) is 3.10. The predicted molar refractivity (Wildman–Crippen MR) is 80.0 cm³/mol. The number of nitrogens with zero attached hydrogens (tertiary/aromatic N) is 1. The Morgan fingerprint density at radius 1 is 1.37 bits per heavy atom. The molecule has 2 aliphatic heterocycles. The largest absolute Gasteiger partial charge is 0.495 e. The van der Waals surface area contributed by atoms with Crippen molar-refractivity contribution in [1.82, 2.24) is 5.32 Å². The average molecular weight is 301 g/mol. The number of hydrogen-bond donors (Lipinski definition) is 1. The average Bonchev–Trinajstić information content (AvgIpc) is 2.67. The van der Waals surface area contributed by atoms with E-state index in [2.05, 4.69) is 10.2 Å². The molecule has 0 saturated carbocycles. The Morgan fingerprint density at radius 3 is 3.00 bits per heavy atom. The van der Waals surface area contributed by atoms with Crippen LogP contribution < -0.4 is 15.0 Å². The van der Waals surface area contributed by atoms with Gasteiger partial charge in [0.15, 0.2) is 0 Å². The monoisotopic (exact) mass is 300 g/mol.